The molecule has 0 radical (unpaired) electrons. The van der Waals surface area contributed by atoms with Crippen LogP contribution in [0.3, 0.4) is 0 Å². The Morgan fingerprint density at radius 2 is 1.82 bits per heavy atom. The highest BCUT2D eigenvalue weighted by Gasteiger charge is 2.17. The van der Waals surface area contributed by atoms with Crippen molar-refractivity contribution < 1.29 is 9.18 Å². The molecule has 33 heavy (non-hydrogen) atoms. The maximum Gasteiger partial charge on any atom is 0.333 e. The average molecular weight is 468 g/mol. The van der Waals surface area contributed by atoms with Gasteiger partial charge in [0.1, 0.15) is 17.7 Å². The summed E-state index contributed by atoms with van der Waals surface area (Å²) in [6.07, 6.45) is 1.34. The van der Waals surface area contributed by atoms with Crippen LogP contribution in [0.5, 0.6) is 0 Å². The molecular weight excluding hydrogens is 449 g/mol. The number of amides is 1. The fourth-order valence-corrected chi connectivity index (χ4v) is 3.52. The summed E-state index contributed by atoms with van der Waals surface area (Å²) >= 11 is 5.93. The van der Waals surface area contributed by atoms with Crippen molar-refractivity contribution in [1.29, 1.82) is 0 Å². The third-order valence-corrected chi connectivity index (χ3v) is 5.37. The number of benzene rings is 2. The Morgan fingerprint density at radius 3 is 2.52 bits per heavy atom. The SMILES string of the molecule is CCn1c(=O)n(CC(=O)NCc2ccccc2F)c(=O)c2cnc(-c3ccc(Cl)cc3)nc21. The predicted octanol–water partition coefficient (Wildman–Crippen LogP) is 2.75. The average Bonchev–Trinajstić information content (AvgIpc) is 2.82. The minimum Gasteiger partial charge on any atom is -0.350 e. The van der Waals surface area contributed by atoms with Gasteiger partial charge in [0.2, 0.25) is 5.91 Å². The molecule has 0 spiro atoms. The highest BCUT2D eigenvalue weighted by Crippen LogP contribution is 2.19. The summed E-state index contributed by atoms with van der Waals surface area (Å²) in [5, 5.41) is 3.20. The number of aryl methyl sites for hydroxylation is 1. The lowest BCUT2D eigenvalue weighted by molar-refractivity contribution is -0.121. The van der Waals surface area contributed by atoms with E-state index in [2.05, 4.69) is 15.3 Å². The lowest BCUT2D eigenvalue weighted by atomic mass is 10.2. The van der Waals surface area contributed by atoms with Crippen molar-refractivity contribution in [2.24, 2.45) is 0 Å². The van der Waals surface area contributed by atoms with E-state index in [1.54, 1.807) is 43.3 Å². The number of halogens is 2. The van der Waals surface area contributed by atoms with E-state index in [1.165, 1.54) is 22.9 Å². The molecule has 168 valence electrons. The summed E-state index contributed by atoms with van der Waals surface area (Å²) in [5.41, 5.74) is -0.199. The molecule has 0 bridgehead atoms. The van der Waals surface area contributed by atoms with Crippen LogP contribution < -0.4 is 16.6 Å². The van der Waals surface area contributed by atoms with E-state index in [0.717, 1.165) is 4.57 Å². The van der Waals surface area contributed by atoms with Gasteiger partial charge in [0, 0.05) is 35.4 Å². The number of rotatable bonds is 6. The number of nitrogens with zero attached hydrogens (tertiary/aromatic N) is 4. The second kappa shape index (κ2) is 9.33. The number of hydrogen-bond donors (Lipinski definition) is 1. The van der Waals surface area contributed by atoms with Crippen LogP contribution in [0.2, 0.25) is 5.02 Å². The monoisotopic (exact) mass is 467 g/mol. The summed E-state index contributed by atoms with van der Waals surface area (Å²) in [7, 11) is 0. The largest absolute Gasteiger partial charge is 0.350 e. The fraction of sp³-hybridized carbons (Fsp3) is 0.174. The van der Waals surface area contributed by atoms with Gasteiger partial charge in [0.15, 0.2) is 11.5 Å². The van der Waals surface area contributed by atoms with Crippen LogP contribution in [-0.2, 0) is 24.4 Å². The van der Waals surface area contributed by atoms with Gasteiger partial charge in [-0.15, -0.1) is 0 Å². The maximum atomic E-state index is 13.8. The highest BCUT2D eigenvalue weighted by molar-refractivity contribution is 6.30. The third-order valence-electron chi connectivity index (χ3n) is 5.12. The zero-order chi connectivity index (χ0) is 23.5. The number of carbonyl (C=O) groups excluding carboxylic acids is 1. The zero-order valence-corrected chi connectivity index (χ0v) is 18.3. The topological polar surface area (TPSA) is 98.9 Å². The van der Waals surface area contributed by atoms with Gasteiger partial charge in [-0.3, -0.25) is 18.7 Å². The van der Waals surface area contributed by atoms with Gasteiger partial charge in [-0.2, -0.15) is 0 Å². The molecule has 1 amide bonds. The van der Waals surface area contributed by atoms with Crippen LogP contribution in [0.1, 0.15) is 12.5 Å². The molecule has 0 unspecified atom stereocenters. The summed E-state index contributed by atoms with van der Waals surface area (Å²) in [4.78, 5) is 47.1. The van der Waals surface area contributed by atoms with Gasteiger partial charge in [0.25, 0.3) is 5.56 Å². The minimum atomic E-state index is -0.677. The van der Waals surface area contributed by atoms with Gasteiger partial charge in [-0.25, -0.2) is 19.2 Å². The molecule has 0 saturated heterocycles. The Bertz CT molecular complexity index is 1460. The first kappa shape index (κ1) is 22.3. The van der Waals surface area contributed by atoms with Crippen molar-refractivity contribution in [3.63, 3.8) is 0 Å². The smallest absolute Gasteiger partial charge is 0.333 e. The standard InChI is InChI=1S/C23H19ClFN5O3/c1-2-29-21-17(12-27-20(28-21)14-7-9-16(24)10-8-14)22(32)30(23(29)33)13-19(31)26-11-15-5-3-4-6-18(15)25/h3-10,12H,2,11,13H2,1H3,(H,26,31). The van der Waals surface area contributed by atoms with Gasteiger partial charge in [-0.05, 0) is 37.3 Å². The second-order valence-electron chi connectivity index (χ2n) is 7.22. The first-order valence-corrected chi connectivity index (χ1v) is 10.5. The molecule has 0 aliphatic carbocycles. The minimum absolute atomic E-state index is 0.0661. The van der Waals surface area contributed by atoms with Gasteiger partial charge in [0.05, 0.1) is 0 Å². The second-order valence-corrected chi connectivity index (χ2v) is 7.66. The Morgan fingerprint density at radius 1 is 1.09 bits per heavy atom. The first-order chi connectivity index (χ1) is 15.9. The maximum absolute atomic E-state index is 13.8. The van der Waals surface area contributed by atoms with Crippen LogP contribution in [0.25, 0.3) is 22.4 Å². The molecule has 0 fully saturated rings. The molecule has 8 nitrogen and oxygen atoms in total. The lowest BCUT2D eigenvalue weighted by Gasteiger charge is -2.13. The van der Waals surface area contributed by atoms with Crippen molar-refractivity contribution in [3.05, 3.63) is 92.0 Å². The van der Waals surface area contributed by atoms with Gasteiger partial charge >= 0.3 is 5.69 Å². The van der Waals surface area contributed by atoms with E-state index in [9.17, 15) is 18.8 Å². The predicted molar refractivity (Wildman–Crippen MR) is 122 cm³/mol. The molecule has 4 rings (SSSR count). The quantitative estimate of drug-likeness (QED) is 0.470. The molecule has 4 aromatic rings. The van der Waals surface area contributed by atoms with Gasteiger partial charge < -0.3 is 5.32 Å². The van der Waals surface area contributed by atoms with Crippen LogP contribution >= 0.6 is 11.6 Å². The number of carbonyl (C=O) groups is 1. The molecule has 2 aromatic carbocycles. The van der Waals surface area contributed by atoms with Crippen LogP contribution in [0, 0.1) is 5.82 Å². The lowest BCUT2D eigenvalue weighted by Crippen LogP contribution is -2.44. The number of aromatic nitrogens is 4. The fourth-order valence-electron chi connectivity index (χ4n) is 3.40. The Kier molecular flexibility index (Phi) is 6.32. The van der Waals surface area contributed by atoms with Crippen molar-refractivity contribution in [1.82, 2.24) is 24.4 Å². The van der Waals surface area contributed by atoms with E-state index >= 15 is 0 Å². The molecule has 1 N–H and O–H groups in total. The van der Waals surface area contributed by atoms with E-state index in [-0.39, 0.29) is 24.1 Å². The van der Waals surface area contributed by atoms with Crippen molar-refractivity contribution in [3.8, 4) is 11.4 Å². The molecule has 2 heterocycles. The number of hydrogen-bond acceptors (Lipinski definition) is 5. The van der Waals surface area contributed by atoms with Crippen LogP contribution in [-0.4, -0.2) is 25.0 Å². The Labute approximate surface area is 192 Å². The van der Waals surface area contributed by atoms with Crippen molar-refractivity contribution in [2.75, 3.05) is 0 Å². The van der Waals surface area contributed by atoms with E-state index in [4.69, 9.17) is 11.6 Å². The summed E-state index contributed by atoms with van der Waals surface area (Å²) < 4.78 is 15.9. The summed E-state index contributed by atoms with van der Waals surface area (Å²) in [6, 6.07) is 12.9. The number of nitrogens with one attached hydrogen (secondary N) is 1. The molecular formula is C23H19ClFN5O3. The molecule has 0 aliphatic rings. The Balaban J connectivity index is 1.68. The summed E-state index contributed by atoms with van der Waals surface area (Å²) in [5.74, 6) is -0.721. The van der Waals surface area contributed by atoms with Crippen molar-refractivity contribution in [2.45, 2.75) is 26.6 Å². The normalized spacial score (nSPS) is 11.0. The number of fused-ring (bicyclic) bond motifs is 1. The molecule has 0 aliphatic heterocycles. The summed E-state index contributed by atoms with van der Waals surface area (Å²) in [6.45, 7) is 1.38. The first-order valence-electron chi connectivity index (χ1n) is 10.2. The van der Waals surface area contributed by atoms with E-state index < -0.39 is 29.5 Å². The highest BCUT2D eigenvalue weighted by atomic mass is 35.5. The molecule has 10 heteroatoms. The van der Waals surface area contributed by atoms with Crippen molar-refractivity contribution >= 4 is 28.5 Å². The van der Waals surface area contributed by atoms with E-state index in [0.29, 0.717) is 22.0 Å². The third kappa shape index (κ3) is 4.54. The van der Waals surface area contributed by atoms with Gasteiger partial charge in [-0.1, -0.05) is 29.8 Å². The molecule has 0 saturated carbocycles. The van der Waals surface area contributed by atoms with Crippen LogP contribution in [0.4, 0.5) is 4.39 Å². The molecule has 0 atom stereocenters. The van der Waals surface area contributed by atoms with E-state index in [1.807, 2.05) is 0 Å². The molecule has 2 aromatic heterocycles. The Hall–Kier alpha value is -3.85. The zero-order valence-electron chi connectivity index (χ0n) is 17.6. The van der Waals surface area contributed by atoms with Crippen LogP contribution in [0.15, 0.2) is 64.3 Å².